The molecular formula is C17H24ClN3O2. The Morgan fingerprint density at radius 1 is 1.30 bits per heavy atom. The van der Waals surface area contributed by atoms with Gasteiger partial charge in [0.1, 0.15) is 0 Å². The standard InChI is InChI=1S/C17H24ClN3O2/c1-2-9-21(17(23)12-3-6-14(19)10-12)11-16(22)20-15-7-4-13(18)5-8-15/h4-5,7-8,12,14H,2-3,6,9-11,19H2,1H3,(H,20,22). The molecule has 1 aliphatic rings. The number of hydrogen-bond acceptors (Lipinski definition) is 3. The van der Waals surface area contributed by atoms with Crippen molar-refractivity contribution < 1.29 is 9.59 Å². The van der Waals surface area contributed by atoms with Gasteiger partial charge >= 0.3 is 0 Å². The Labute approximate surface area is 142 Å². The molecule has 3 N–H and O–H groups in total. The predicted molar refractivity (Wildman–Crippen MR) is 92.3 cm³/mol. The number of carbonyl (C=O) groups excluding carboxylic acids is 2. The Hall–Kier alpha value is -1.59. The molecule has 1 fully saturated rings. The first-order valence-electron chi connectivity index (χ1n) is 8.09. The minimum Gasteiger partial charge on any atom is -0.333 e. The first-order chi connectivity index (χ1) is 11.0. The van der Waals surface area contributed by atoms with Crippen molar-refractivity contribution in [2.24, 2.45) is 11.7 Å². The van der Waals surface area contributed by atoms with Crippen molar-refractivity contribution in [3.63, 3.8) is 0 Å². The molecule has 0 aliphatic heterocycles. The van der Waals surface area contributed by atoms with Crippen molar-refractivity contribution in [2.45, 2.75) is 38.6 Å². The predicted octanol–water partition coefficient (Wildman–Crippen LogP) is 2.64. The third kappa shape index (κ3) is 5.22. The topological polar surface area (TPSA) is 75.4 Å². The van der Waals surface area contributed by atoms with Crippen molar-refractivity contribution in [3.8, 4) is 0 Å². The van der Waals surface area contributed by atoms with Crippen LogP contribution in [0.2, 0.25) is 5.02 Å². The molecule has 23 heavy (non-hydrogen) atoms. The first kappa shape index (κ1) is 17.8. The number of halogens is 1. The number of rotatable bonds is 6. The third-order valence-electron chi connectivity index (χ3n) is 4.09. The molecule has 0 heterocycles. The van der Waals surface area contributed by atoms with E-state index < -0.39 is 0 Å². The van der Waals surface area contributed by atoms with Gasteiger partial charge in [0, 0.05) is 29.2 Å². The average molecular weight is 338 g/mol. The molecule has 2 amide bonds. The summed E-state index contributed by atoms with van der Waals surface area (Å²) in [4.78, 5) is 26.4. The Kier molecular flexibility index (Phi) is 6.42. The second-order valence-corrected chi connectivity index (χ2v) is 6.52. The lowest BCUT2D eigenvalue weighted by Crippen LogP contribution is -2.41. The number of benzene rings is 1. The lowest BCUT2D eigenvalue weighted by Gasteiger charge is -2.24. The second kappa shape index (κ2) is 8.31. The van der Waals surface area contributed by atoms with Gasteiger partial charge in [-0.2, -0.15) is 0 Å². The number of anilines is 1. The van der Waals surface area contributed by atoms with E-state index in [-0.39, 0.29) is 30.3 Å². The highest BCUT2D eigenvalue weighted by Gasteiger charge is 2.31. The van der Waals surface area contributed by atoms with Crippen LogP contribution in [0.1, 0.15) is 32.6 Å². The zero-order chi connectivity index (χ0) is 16.8. The summed E-state index contributed by atoms with van der Waals surface area (Å²) in [6.07, 6.45) is 3.24. The second-order valence-electron chi connectivity index (χ2n) is 6.08. The Morgan fingerprint density at radius 2 is 2.00 bits per heavy atom. The normalized spacial score (nSPS) is 20.3. The molecule has 126 valence electrons. The highest BCUT2D eigenvalue weighted by molar-refractivity contribution is 6.30. The number of nitrogens with one attached hydrogen (secondary N) is 1. The van der Waals surface area contributed by atoms with Gasteiger partial charge in [-0.1, -0.05) is 18.5 Å². The maximum Gasteiger partial charge on any atom is 0.243 e. The molecule has 1 aromatic carbocycles. The van der Waals surface area contributed by atoms with Crippen LogP contribution in [0.15, 0.2) is 24.3 Å². The first-order valence-corrected chi connectivity index (χ1v) is 8.47. The summed E-state index contributed by atoms with van der Waals surface area (Å²) in [7, 11) is 0. The van der Waals surface area contributed by atoms with Crippen LogP contribution in [-0.4, -0.2) is 35.8 Å². The maximum atomic E-state index is 12.6. The van der Waals surface area contributed by atoms with Crippen LogP contribution >= 0.6 is 11.6 Å². The van der Waals surface area contributed by atoms with Gasteiger partial charge in [-0.3, -0.25) is 9.59 Å². The third-order valence-corrected chi connectivity index (χ3v) is 4.34. The average Bonchev–Trinajstić information content (AvgIpc) is 2.95. The van der Waals surface area contributed by atoms with Gasteiger partial charge in [0.05, 0.1) is 6.54 Å². The van der Waals surface area contributed by atoms with Crippen molar-refractivity contribution >= 4 is 29.1 Å². The summed E-state index contributed by atoms with van der Waals surface area (Å²) in [5.41, 5.74) is 6.56. The molecular weight excluding hydrogens is 314 g/mol. The lowest BCUT2D eigenvalue weighted by molar-refractivity contribution is -0.138. The molecule has 0 spiro atoms. The fraction of sp³-hybridized carbons (Fsp3) is 0.529. The van der Waals surface area contributed by atoms with Gasteiger partial charge in [-0.05, 0) is 49.9 Å². The molecule has 2 atom stereocenters. The Balaban J connectivity index is 1.93. The van der Waals surface area contributed by atoms with Crippen molar-refractivity contribution in [2.75, 3.05) is 18.4 Å². The molecule has 2 unspecified atom stereocenters. The summed E-state index contributed by atoms with van der Waals surface area (Å²) in [5, 5.41) is 3.41. The summed E-state index contributed by atoms with van der Waals surface area (Å²) in [5.74, 6) is -0.192. The molecule has 0 bridgehead atoms. The molecule has 1 aliphatic carbocycles. The van der Waals surface area contributed by atoms with Crippen LogP contribution in [0.3, 0.4) is 0 Å². The van der Waals surface area contributed by atoms with E-state index in [1.54, 1.807) is 29.2 Å². The molecule has 0 aromatic heterocycles. The fourth-order valence-electron chi connectivity index (χ4n) is 2.94. The van der Waals surface area contributed by atoms with Gasteiger partial charge in [-0.15, -0.1) is 0 Å². The largest absolute Gasteiger partial charge is 0.333 e. The molecule has 1 saturated carbocycles. The van der Waals surface area contributed by atoms with Gasteiger partial charge in [0.15, 0.2) is 0 Å². The summed E-state index contributed by atoms with van der Waals surface area (Å²) >= 11 is 5.82. The van der Waals surface area contributed by atoms with E-state index in [9.17, 15) is 9.59 Å². The summed E-state index contributed by atoms with van der Waals surface area (Å²) < 4.78 is 0. The summed E-state index contributed by atoms with van der Waals surface area (Å²) in [6, 6.07) is 7.01. The minimum absolute atomic E-state index is 0.0418. The summed E-state index contributed by atoms with van der Waals surface area (Å²) in [6.45, 7) is 2.65. The van der Waals surface area contributed by atoms with Crippen molar-refractivity contribution in [1.82, 2.24) is 4.90 Å². The van der Waals surface area contributed by atoms with Gasteiger partial charge in [-0.25, -0.2) is 0 Å². The van der Waals surface area contributed by atoms with Crippen molar-refractivity contribution in [1.29, 1.82) is 0 Å². The molecule has 6 heteroatoms. The quantitative estimate of drug-likeness (QED) is 0.838. The van der Waals surface area contributed by atoms with Gasteiger partial charge < -0.3 is 16.0 Å². The van der Waals surface area contributed by atoms with Crippen LogP contribution in [0.25, 0.3) is 0 Å². The lowest BCUT2D eigenvalue weighted by atomic mass is 10.1. The molecule has 5 nitrogen and oxygen atoms in total. The Bertz CT molecular complexity index is 547. The molecule has 0 saturated heterocycles. The number of carbonyl (C=O) groups is 2. The van der Waals surface area contributed by atoms with Gasteiger partial charge in [0.25, 0.3) is 0 Å². The zero-order valence-electron chi connectivity index (χ0n) is 13.4. The molecule has 1 aromatic rings. The van der Waals surface area contributed by atoms with Crippen LogP contribution in [0.4, 0.5) is 5.69 Å². The van der Waals surface area contributed by atoms with E-state index in [0.29, 0.717) is 17.3 Å². The van der Waals surface area contributed by atoms with E-state index in [1.165, 1.54) is 0 Å². The number of nitrogens with two attached hydrogens (primary N) is 1. The van der Waals surface area contributed by atoms with E-state index in [2.05, 4.69) is 5.32 Å². The Morgan fingerprint density at radius 3 is 2.57 bits per heavy atom. The number of amides is 2. The number of nitrogens with zero attached hydrogens (tertiary/aromatic N) is 1. The monoisotopic (exact) mass is 337 g/mol. The van der Waals surface area contributed by atoms with E-state index in [0.717, 1.165) is 25.7 Å². The molecule has 2 rings (SSSR count). The van der Waals surface area contributed by atoms with E-state index in [1.807, 2.05) is 6.92 Å². The minimum atomic E-state index is -0.198. The van der Waals surface area contributed by atoms with Crippen molar-refractivity contribution in [3.05, 3.63) is 29.3 Å². The van der Waals surface area contributed by atoms with Crippen LogP contribution in [0.5, 0.6) is 0 Å². The van der Waals surface area contributed by atoms with Gasteiger partial charge in [0.2, 0.25) is 11.8 Å². The smallest absolute Gasteiger partial charge is 0.243 e. The van der Waals surface area contributed by atoms with Crippen LogP contribution in [-0.2, 0) is 9.59 Å². The molecule has 0 radical (unpaired) electrons. The highest BCUT2D eigenvalue weighted by Crippen LogP contribution is 2.26. The van der Waals surface area contributed by atoms with E-state index in [4.69, 9.17) is 17.3 Å². The zero-order valence-corrected chi connectivity index (χ0v) is 14.2. The fourth-order valence-corrected chi connectivity index (χ4v) is 3.07. The van der Waals surface area contributed by atoms with Crippen LogP contribution in [0, 0.1) is 5.92 Å². The number of hydrogen-bond donors (Lipinski definition) is 2. The highest BCUT2D eigenvalue weighted by atomic mass is 35.5. The van der Waals surface area contributed by atoms with Crippen LogP contribution < -0.4 is 11.1 Å². The maximum absolute atomic E-state index is 12.6. The van der Waals surface area contributed by atoms with E-state index >= 15 is 0 Å². The SMILES string of the molecule is CCCN(CC(=O)Nc1ccc(Cl)cc1)C(=O)C1CCC(N)C1.